The number of rotatable bonds is 5. The lowest BCUT2D eigenvalue weighted by molar-refractivity contribution is 0.0000485. The van der Waals surface area contributed by atoms with E-state index in [2.05, 4.69) is 4.90 Å². The second-order valence-corrected chi connectivity index (χ2v) is 3.93. The van der Waals surface area contributed by atoms with Gasteiger partial charge in [-0.25, -0.2) is 0 Å². The average molecular weight is 207 g/mol. The van der Waals surface area contributed by atoms with E-state index >= 15 is 0 Å². The molecule has 0 atom stereocenters. The first-order valence-corrected chi connectivity index (χ1v) is 5.43. The van der Waals surface area contributed by atoms with Crippen LogP contribution in [0, 0.1) is 0 Å². The first kappa shape index (κ1) is 10.5. The molecule has 1 heterocycles. The normalized spacial score (nSPS) is 17.4. The van der Waals surface area contributed by atoms with Crippen molar-refractivity contribution in [3.63, 3.8) is 0 Å². The third-order valence-electron chi connectivity index (χ3n) is 2.57. The summed E-state index contributed by atoms with van der Waals surface area (Å²) in [7, 11) is 0. The summed E-state index contributed by atoms with van der Waals surface area (Å²) in [5, 5.41) is 9.08. The van der Waals surface area contributed by atoms with E-state index in [-0.39, 0.29) is 6.10 Å². The minimum atomic E-state index is -0.0972. The molecular formula is C12H17NO2. The van der Waals surface area contributed by atoms with Crippen molar-refractivity contribution in [3.8, 4) is 5.75 Å². The summed E-state index contributed by atoms with van der Waals surface area (Å²) in [5.74, 6) is 0.932. The average Bonchev–Trinajstić information content (AvgIpc) is 2.23. The minimum absolute atomic E-state index is 0.0972. The van der Waals surface area contributed by atoms with Crippen LogP contribution in [0.3, 0.4) is 0 Å². The monoisotopic (exact) mass is 207 g/mol. The minimum Gasteiger partial charge on any atom is -0.494 e. The fourth-order valence-electron chi connectivity index (χ4n) is 1.72. The zero-order valence-corrected chi connectivity index (χ0v) is 8.80. The molecule has 0 aromatic heterocycles. The van der Waals surface area contributed by atoms with Crippen LogP contribution in [-0.4, -0.2) is 42.4 Å². The molecule has 2 rings (SSSR count). The van der Waals surface area contributed by atoms with Gasteiger partial charge in [0.1, 0.15) is 5.75 Å². The van der Waals surface area contributed by atoms with E-state index in [1.54, 1.807) is 0 Å². The number of aliphatic hydroxyl groups excluding tert-OH is 1. The molecule has 0 bridgehead atoms. The van der Waals surface area contributed by atoms with Crippen LogP contribution >= 0.6 is 0 Å². The van der Waals surface area contributed by atoms with Crippen LogP contribution in [0.2, 0.25) is 0 Å². The van der Waals surface area contributed by atoms with Crippen LogP contribution in [0.1, 0.15) is 6.42 Å². The number of nitrogens with zero attached hydrogens (tertiary/aromatic N) is 1. The molecule has 0 radical (unpaired) electrons. The van der Waals surface area contributed by atoms with Crippen LogP contribution < -0.4 is 4.74 Å². The number of aliphatic hydroxyl groups is 1. The quantitative estimate of drug-likeness (QED) is 0.735. The molecular weight excluding hydrogens is 190 g/mol. The predicted molar refractivity (Wildman–Crippen MR) is 59.0 cm³/mol. The van der Waals surface area contributed by atoms with Crippen LogP contribution in [0.15, 0.2) is 30.3 Å². The number of benzene rings is 1. The van der Waals surface area contributed by atoms with Crippen molar-refractivity contribution in [2.45, 2.75) is 12.5 Å². The fraction of sp³-hybridized carbons (Fsp3) is 0.500. The van der Waals surface area contributed by atoms with Crippen molar-refractivity contribution >= 4 is 0 Å². The maximum Gasteiger partial charge on any atom is 0.119 e. The van der Waals surface area contributed by atoms with Gasteiger partial charge in [-0.2, -0.15) is 0 Å². The topological polar surface area (TPSA) is 32.7 Å². The molecule has 1 fully saturated rings. The first-order valence-electron chi connectivity index (χ1n) is 5.43. The van der Waals surface area contributed by atoms with Crippen molar-refractivity contribution in [2.24, 2.45) is 0 Å². The van der Waals surface area contributed by atoms with Gasteiger partial charge < -0.3 is 9.84 Å². The zero-order chi connectivity index (χ0) is 10.5. The SMILES string of the molecule is OC1CN(CCCOc2ccccc2)C1. The van der Waals surface area contributed by atoms with Gasteiger partial charge in [-0.1, -0.05) is 18.2 Å². The summed E-state index contributed by atoms with van der Waals surface area (Å²) in [4.78, 5) is 2.24. The highest BCUT2D eigenvalue weighted by atomic mass is 16.5. The molecule has 3 nitrogen and oxygen atoms in total. The third kappa shape index (κ3) is 3.22. The van der Waals surface area contributed by atoms with Gasteiger partial charge in [0.2, 0.25) is 0 Å². The summed E-state index contributed by atoms with van der Waals surface area (Å²) in [6.07, 6.45) is 0.918. The molecule has 1 saturated heterocycles. The van der Waals surface area contributed by atoms with E-state index in [0.29, 0.717) is 0 Å². The molecule has 0 saturated carbocycles. The van der Waals surface area contributed by atoms with Gasteiger partial charge in [-0.05, 0) is 18.6 Å². The lowest BCUT2D eigenvalue weighted by Gasteiger charge is -2.35. The Balaban J connectivity index is 1.56. The Morgan fingerprint density at radius 1 is 1.27 bits per heavy atom. The van der Waals surface area contributed by atoms with E-state index in [1.165, 1.54) is 0 Å². The molecule has 1 N–H and O–H groups in total. The van der Waals surface area contributed by atoms with Crippen LogP contribution in [0.4, 0.5) is 0 Å². The highest BCUT2D eigenvalue weighted by Gasteiger charge is 2.22. The van der Waals surface area contributed by atoms with E-state index in [4.69, 9.17) is 9.84 Å². The molecule has 0 unspecified atom stereocenters. The van der Waals surface area contributed by atoms with Crippen molar-refractivity contribution < 1.29 is 9.84 Å². The second kappa shape index (κ2) is 5.14. The molecule has 1 aromatic carbocycles. The molecule has 0 aliphatic carbocycles. The van der Waals surface area contributed by atoms with Crippen molar-refractivity contribution in [3.05, 3.63) is 30.3 Å². The molecule has 15 heavy (non-hydrogen) atoms. The Labute approximate surface area is 90.3 Å². The molecule has 82 valence electrons. The largest absolute Gasteiger partial charge is 0.494 e. The number of ether oxygens (including phenoxy) is 1. The Morgan fingerprint density at radius 3 is 2.67 bits per heavy atom. The van der Waals surface area contributed by atoms with E-state index < -0.39 is 0 Å². The van der Waals surface area contributed by atoms with Gasteiger partial charge in [0.15, 0.2) is 0 Å². The van der Waals surface area contributed by atoms with Crippen LogP contribution in [0.25, 0.3) is 0 Å². The Kier molecular flexibility index (Phi) is 3.59. The standard InChI is InChI=1S/C12H17NO2/c14-11-9-13(10-11)7-4-8-15-12-5-2-1-3-6-12/h1-3,5-6,11,14H,4,7-10H2. The van der Waals surface area contributed by atoms with Gasteiger partial charge in [0.25, 0.3) is 0 Å². The number of likely N-dealkylation sites (tertiary alicyclic amines) is 1. The molecule has 3 heteroatoms. The smallest absolute Gasteiger partial charge is 0.119 e. The Hall–Kier alpha value is -1.06. The van der Waals surface area contributed by atoms with Crippen molar-refractivity contribution in [1.29, 1.82) is 0 Å². The number of β-amino-alcohol motifs (C(OH)–C–C–N with tert-alkyl or cyclic N) is 1. The fourth-order valence-corrected chi connectivity index (χ4v) is 1.72. The van der Waals surface area contributed by atoms with E-state index in [9.17, 15) is 0 Å². The van der Waals surface area contributed by atoms with Crippen molar-refractivity contribution in [1.82, 2.24) is 4.90 Å². The summed E-state index contributed by atoms with van der Waals surface area (Å²) in [6, 6.07) is 9.86. The van der Waals surface area contributed by atoms with E-state index in [1.807, 2.05) is 30.3 Å². The summed E-state index contributed by atoms with van der Waals surface area (Å²) >= 11 is 0. The highest BCUT2D eigenvalue weighted by Crippen LogP contribution is 2.10. The summed E-state index contributed by atoms with van der Waals surface area (Å²) < 4.78 is 5.56. The highest BCUT2D eigenvalue weighted by molar-refractivity contribution is 5.20. The van der Waals surface area contributed by atoms with Crippen LogP contribution in [0.5, 0.6) is 5.75 Å². The number of hydrogen-bond donors (Lipinski definition) is 1. The molecule has 1 aromatic rings. The van der Waals surface area contributed by atoms with Gasteiger partial charge in [0, 0.05) is 19.6 Å². The third-order valence-corrected chi connectivity index (χ3v) is 2.57. The second-order valence-electron chi connectivity index (χ2n) is 3.93. The first-order chi connectivity index (χ1) is 7.34. The van der Waals surface area contributed by atoms with Gasteiger partial charge in [0.05, 0.1) is 12.7 Å². The molecule has 0 spiro atoms. The van der Waals surface area contributed by atoms with E-state index in [0.717, 1.165) is 38.4 Å². The maximum absolute atomic E-state index is 9.08. The molecule has 1 aliphatic heterocycles. The number of para-hydroxylation sites is 1. The Morgan fingerprint density at radius 2 is 2.00 bits per heavy atom. The number of hydrogen-bond acceptors (Lipinski definition) is 3. The molecule has 1 aliphatic rings. The lowest BCUT2D eigenvalue weighted by Crippen LogP contribution is -2.50. The van der Waals surface area contributed by atoms with Gasteiger partial charge in [-0.15, -0.1) is 0 Å². The Bertz CT molecular complexity index is 283. The van der Waals surface area contributed by atoms with Crippen molar-refractivity contribution in [2.75, 3.05) is 26.2 Å². The zero-order valence-electron chi connectivity index (χ0n) is 8.80. The van der Waals surface area contributed by atoms with Crippen LogP contribution in [-0.2, 0) is 0 Å². The lowest BCUT2D eigenvalue weighted by atomic mass is 10.1. The summed E-state index contributed by atoms with van der Waals surface area (Å²) in [5.41, 5.74) is 0. The maximum atomic E-state index is 9.08. The molecule has 0 amide bonds. The van der Waals surface area contributed by atoms with Gasteiger partial charge in [-0.3, -0.25) is 4.90 Å². The predicted octanol–water partition coefficient (Wildman–Crippen LogP) is 1.13. The van der Waals surface area contributed by atoms with Gasteiger partial charge >= 0.3 is 0 Å². The summed E-state index contributed by atoms with van der Waals surface area (Å²) in [6.45, 7) is 3.41.